The number of hydrogen-bond donors (Lipinski definition) is 3. The first-order valence-corrected chi connectivity index (χ1v) is 4.61. The average molecular weight is 243 g/mol. The molecule has 3 N–H and O–H groups in total. The third-order valence-corrected chi connectivity index (χ3v) is 2.29. The Morgan fingerprint density at radius 3 is 2.50 bits per heavy atom. The summed E-state index contributed by atoms with van der Waals surface area (Å²) in [5.41, 5.74) is 0. The van der Waals surface area contributed by atoms with Gasteiger partial charge < -0.3 is 20.3 Å². The fraction of sp³-hybridized carbons (Fsp3) is 0.875. The maximum Gasteiger partial charge on any atom is 0.471 e. The molecule has 0 unspecified atom stereocenters. The third-order valence-electron chi connectivity index (χ3n) is 2.29. The van der Waals surface area contributed by atoms with Crippen molar-refractivity contribution in [3.05, 3.63) is 0 Å². The van der Waals surface area contributed by atoms with E-state index in [1.165, 1.54) is 6.92 Å². The fourth-order valence-electron chi connectivity index (χ4n) is 1.46. The van der Waals surface area contributed by atoms with E-state index in [0.717, 1.165) is 0 Å². The van der Waals surface area contributed by atoms with Crippen LogP contribution in [0.1, 0.15) is 13.3 Å². The van der Waals surface area contributed by atoms with Gasteiger partial charge >= 0.3 is 12.1 Å². The Kier molecular flexibility index (Phi) is 3.76. The van der Waals surface area contributed by atoms with Crippen LogP contribution in [0, 0.1) is 0 Å². The second kappa shape index (κ2) is 4.56. The number of carbonyl (C=O) groups excluding carboxylic acids is 1. The van der Waals surface area contributed by atoms with Gasteiger partial charge in [0.25, 0.3) is 0 Å². The fourth-order valence-corrected chi connectivity index (χ4v) is 1.46. The van der Waals surface area contributed by atoms with Crippen LogP contribution in [0.5, 0.6) is 0 Å². The first-order chi connectivity index (χ1) is 7.21. The van der Waals surface area contributed by atoms with Gasteiger partial charge in [0.15, 0.2) is 6.29 Å². The number of carbonyl (C=O) groups is 1. The van der Waals surface area contributed by atoms with Crippen molar-refractivity contribution in [2.75, 3.05) is 0 Å². The molecule has 4 atom stereocenters. The van der Waals surface area contributed by atoms with E-state index in [2.05, 4.69) is 0 Å². The van der Waals surface area contributed by atoms with Crippen molar-refractivity contribution in [3.8, 4) is 0 Å². The molecule has 1 fully saturated rings. The molecule has 1 amide bonds. The summed E-state index contributed by atoms with van der Waals surface area (Å²) in [6.45, 7) is 1.39. The van der Waals surface area contributed by atoms with E-state index in [-0.39, 0.29) is 6.42 Å². The van der Waals surface area contributed by atoms with Gasteiger partial charge in [0.05, 0.1) is 12.1 Å². The zero-order valence-electron chi connectivity index (χ0n) is 8.36. The van der Waals surface area contributed by atoms with Crippen LogP contribution >= 0.6 is 0 Å². The summed E-state index contributed by atoms with van der Waals surface area (Å²) in [5.74, 6) is -2.14. The van der Waals surface area contributed by atoms with Crippen molar-refractivity contribution in [2.45, 2.75) is 44.1 Å². The van der Waals surface area contributed by atoms with E-state index in [1.54, 1.807) is 5.32 Å². The Labute approximate surface area is 89.2 Å². The third kappa shape index (κ3) is 3.06. The standard InChI is InChI=1S/C8H12F3NO4/c1-3-6(14)4(2-5(13)16-3)12-7(15)8(9,10)11/h3-6,13-14H,2H2,1H3,(H,12,15)/t3-,4-,5-,6+/m1/s1. The molecular weight excluding hydrogens is 231 g/mol. The highest BCUT2D eigenvalue weighted by atomic mass is 19.4. The van der Waals surface area contributed by atoms with Crippen LogP contribution in [0.15, 0.2) is 0 Å². The normalized spacial score (nSPS) is 35.9. The number of alkyl halides is 3. The zero-order chi connectivity index (χ0) is 12.5. The molecule has 0 radical (unpaired) electrons. The van der Waals surface area contributed by atoms with Crippen LogP contribution in [-0.4, -0.2) is 46.8 Å². The molecule has 0 saturated carbocycles. The zero-order valence-corrected chi connectivity index (χ0v) is 8.36. The number of aliphatic hydroxyl groups excluding tert-OH is 2. The molecule has 1 saturated heterocycles. The molecule has 0 aromatic carbocycles. The minimum Gasteiger partial charge on any atom is -0.388 e. The molecular formula is C8H12F3NO4. The number of ether oxygens (including phenoxy) is 1. The number of aliphatic hydroxyl groups is 2. The lowest BCUT2D eigenvalue weighted by atomic mass is 9.99. The Morgan fingerprint density at radius 1 is 1.44 bits per heavy atom. The lowest BCUT2D eigenvalue weighted by Gasteiger charge is -2.36. The van der Waals surface area contributed by atoms with Crippen molar-refractivity contribution in [2.24, 2.45) is 0 Å². The topological polar surface area (TPSA) is 78.8 Å². The molecule has 0 aliphatic carbocycles. The van der Waals surface area contributed by atoms with E-state index in [9.17, 15) is 23.1 Å². The molecule has 5 nitrogen and oxygen atoms in total. The van der Waals surface area contributed by atoms with Crippen molar-refractivity contribution in [3.63, 3.8) is 0 Å². The number of nitrogens with one attached hydrogen (secondary N) is 1. The number of hydrogen-bond acceptors (Lipinski definition) is 4. The Bertz CT molecular complexity index is 270. The minimum absolute atomic E-state index is 0.284. The van der Waals surface area contributed by atoms with Gasteiger partial charge in [-0.15, -0.1) is 0 Å². The highest BCUT2D eigenvalue weighted by Crippen LogP contribution is 2.21. The summed E-state index contributed by atoms with van der Waals surface area (Å²) in [5, 5.41) is 20.2. The number of rotatable bonds is 1. The number of amides is 1. The lowest BCUT2D eigenvalue weighted by Crippen LogP contribution is -2.56. The van der Waals surface area contributed by atoms with Crippen LogP contribution in [0.2, 0.25) is 0 Å². The van der Waals surface area contributed by atoms with E-state index >= 15 is 0 Å². The van der Waals surface area contributed by atoms with Crippen LogP contribution in [0.3, 0.4) is 0 Å². The van der Waals surface area contributed by atoms with Crippen molar-refractivity contribution in [1.82, 2.24) is 5.32 Å². The molecule has 1 aliphatic heterocycles. The van der Waals surface area contributed by atoms with E-state index in [0.29, 0.717) is 0 Å². The van der Waals surface area contributed by atoms with Gasteiger partial charge in [0.2, 0.25) is 0 Å². The highest BCUT2D eigenvalue weighted by Gasteiger charge is 2.43. The summed E-state index contributed by atoms with van der Waals surface area (Å²) in [6, 6.07) is -1.17. The van der Waals surface area contributed by atoms with Crippen molar-refractivity contribution in [1.29, 1.82) is 0 Å². The first-order valence-electron chi connectivity index (χ1n) is 4.61. The highest BCUT2D eigenvalue weighted by molar-refractivity contribution is 5.82. The van der Waals surface area contributed by atoms with Gasteiger partial charge in [0.1, 0.15) is 6.10 Å². The van der Waals surface area contributed by atoms with Gasteiger partial charge in [-0.1, -0.05) is 0 Å². The molecule has 8 heteroatoms. The SMILES string of the molecule is C[C@H]1O[C@@H](O)C[C@@H](NC(=O)C(F)(F)F)[C@H]1O. The monoisotopic (exact) mass is 243 g/mol. The van der Waals surface area contributed by atoms with Crippen LogP contribution < -0.4 is 5.32 Å². The molecule has 16 heavy (non-hydrogen) atoms. The maximum absolute atomic E-state index is 11.9. The smallest absolute Gasteiger partial charge is 0.388 e. The molecule has 0 bridgehead atoms. The van der Waals surface area contributed by atoms with Crippen LogP contribution in [0.4, 0.5) is 13.2 Å². The molecule has 94 valence electrons. The van der Waals surface area contributed by atoms with Gasteiger partial charge in [-0.25, -0.2) is 0 Å². The second-order valence-electron chi connectivity index (χ2n) is 3.60. The summed E-state index contributed by atoms with van der Waals surface area (Å²) in [4.78, 5) is 10.6. The van der Waals surface area contributed by atoms with E-state index in [1.807, 2.05) is 0 Å². The first kappa shape index (κ1) is 13.2. The number of halogens is 3. The molecule has 0 aromatic rings. The van der Waals surface area contributed by atoms with Gasteiger partial charge in [-0.3, -0.25) is 4.79 Å². The molecule has 0 spiro atoms. The average Bonchev–Trinajstić information content (AvgIpc) is 2.11. The van der Waals surface area contributed by atoms with Crippen LogP contribution in [0.25, 0.3) is 0 Å². The summed E-state index contributed by atoms with van der Waals surface area (Å²) >= 11 is 0. The quantitative estimate of drug-likeness (QED) is 0.581. The Morgan fingerprint density at radius 2 is 2.00 bits per heavy atom. The lowest BCUT2D eigenvalue weighted by molar-refractivity contribution is -0.207. The summed E-state index contributed by atoms with van der Waals surface area (Å²) in [6.07, 6.45) is -8.71. The van der Waals surface area contributed by atoms with Crippen molar-refractivity contribution >= 4 is 5.91 Å². The van der Waals surface area contributed by atoms with Crippen molar-refractivity contribution < 1.29 is 32.9 Å². The predicted octanol–water partition coefficient (Wildman–Crippen LogP) is -0.478. The Hall–Kier alpha value is -0.860. The minimum atomic E-state index is -5.01. The Balaban J connectivity index is 2.62. The van der Waals surface area contributed by atoms with Gasteiger partial charge in [-0.05, 0) is 6.92 Å². The van der Waals surface area contributed by atoms with E-state index in [4.69, 9.17) is 9.84 Å². The summed E-state index contributed by atoms with van der Waals surface area (Å²) in [7, 11) is 0. The predicted molar refractivity (Wildman–Crippen MR) is 45.2 cm³/mol. The maximum atomic E-state index is 11.9. The second-order valence-corrected chi connectivity index (χ2v) is 3.60. The largest absolute Gasteiger partial charge is 0.471 e. The summed E-state index contributed by atoms with van der Waals surface area (Å²) < 4.78 is 40.6. The van der Waals surface area contributed by atoms with Crippen LogP contribution in [-0.2, 0) is 9.53 Å². The molecule has 0 aromatic heterocycles. The van der Waals surface area contributed by atoms with Gasteiger partial charge in [-0.2, -0.15) is 13.2 Å². The molecule has 1 rings (SSSR count). The van der Waals surface area contributed by atoms with Gasteiger partial charge in [0, 0.05) is 6.42 Å². The molecule has 1 aliphatic rings. The van der Waals surface area contributed by atoms with E-state index < -0.39 is 36.6 Å². The molecule has 1 heterocycles.